The summed E-state index contributed by atoms with van der Waals surface area (Å²) in [5.41, 5.74) is 2.85. The predicted molar refractivity (Wildman–Crippen MR) is 119 cm³/mol. The lowest BCUT2D eigenvalue weighted by atomic mass is 9.99. The van der Waals surface area contributed by atoms with Crippen LogP contribution in [0.5, 0.6) is 5.75 Å². The van der Waals surface area contributed by atoms with E-state index < -0.39 is 0 Å². The Balaban J connectivity index is 1.47. The SMILES string of the molecule is Fc1cc(Br)cc2c1C1Cc3cc(Cl)ccc3N1C(c1ccc(CC3CC3)s1)O2. The molecule has 0 bridgehead atoms. The van der Waals surface area contributed by atoms with E-state index in [1.165, 1.54) is 28.7 Å². The van der Waals surface area contributed by atoms with Crippen LogP contribution in [0, 0.1) is 11.7 Å². The van der Waals surface area contributed by atoms with Gasteiger partial charge in [0.1, 0.15) is 11.6 Å². The summed E-state index contributed by atoms with van der Waals surface area (Å²) in [5, 5.41) is 0.709. The van der Waals surface area contributed by atoms with Gasteiger partial charge in [0.2, 0.25) is 6.23 Å². The average molecular weight is 491 g/mol. The first-order valence-corrected chi connectivity index (χ1v) is 11.9. The van der Waals surface area contributed by atoms with Crippen LogP contribution in [0.25, 0.3) is 0 Å². The van der Waals surface area contributed by atoms with Crippen LogP contribution in [0.1, 0.15) is 46.0 Å². The third-order valence-corrected chi connectivity index (χ3v) is 7.89. The zero-order chi connectivity index (χ0) is 19.7. The van der Waals surface area contributed by atoms with E-state index in [0.29, 0.717) is 20.8 Å². The maximum Gasteiger partial charge on any atom is 0.208 e. The van der Waals surface area contributed by atoms with Crippen LogP contribution in [-0.2, 0) is 12.8 Å². The lowest BCUT2D eigenvalue weighted by Gasteiger charge is -2.40. The monoisotopic (exact) mass is 489 g/mol. The first-order valence-electron chi connectivity index (χ1n) is 9.88. The molecule has 2 atom stereocenters. The highest BCUT2D eigenvalue weighted by molar-refractivity contribution is 9.10. The third kappa shape index (κ3) is 3.09. The molecule has 2 aromatic carbocycles. The minimum atomic E-state index is -0.262. The van der Waals surface area contributed by atoms with Crippen molar-refractivity contribution in [2.45, 2.75) is 38.0 Å². The largest absolute Gasteiger partial charge is 0.465 e. The molecule has 0 spiro atoms. The molecule has 2 aliphatic heterocycles. The van der Waals surface area contributed by atoms with E-state index in [9.17, 15) is 4.39 Å². The zero-order valence-corrected chi connectivity index (χ0v) is 18.7. The summed E-state index contributed by atoms with van der Waals surface area (Å²) in [7, 11) is 0. The van der Waals surface area contributed by atoms with Crippen LogP contribution in [0.2, 0.25) is 5.02 Å². The third-order valence-electron chi connectivity index (χ3n) is 6.06. The van der Waals surface area contributed by atoms with Crippen LogP contribution >= 0.6 is 38.9 Å². The summed E-state index contributed by atoms with van der Waals surface area (Å²) < 4.78 is 22.1. The van der Waals surface area contributed by atoms with E-state index in [1.807, 2.05) is 35.6 Å². The molecular formula is C23H18BrClFNOS. The molecule has 0 saturated heterocycles. The Hall–Kier alpha value is -1.56. The second-order valence-corrected chi connectivity index (χ2v) is 10.7. The molecule has 0 amide bonds. The predicted octanol–water partition coefficient (Wildman–Crippen LogP) is 7.45. The van der Waals surface area contributed by atoms with Gasteiger partial charge in [-0.15, -0.1) is 11.3 Å². The second kappa shape index (κ2) is 6.73. The van der Waals surface area contributed by atoms with E-state index in [0.717, 1.165) is 30.0 Å². The molecule has 1 saturated carbocycles. The fourth-order valence-electron chi connectivity index (χ4n) is 4.57. The van der Waals surface area contributed by atoms with E-state index >= 15 is 0 Å². The molecule has 1 aliphatic carbocycles. The number of rotatable bonds is 3. The second-order valence-electron chi connectivity index (χ2n) is 8.12. The van der Waals surface area contributed by atoms with Crippen LogP contribution in [0.4, 0.5) is 10.1 Å². The Bertz CT molecular complexity index is 1130. The van der Waals surface area contributed by atoms with Crippen molar-refractivity contribution in [3.05, 3.63) is 78.7 Å². The summed E-state index contributed by atoms with van der Waals surface area (Å²) in [6.07, 6.45) is 4.30. The van der Waals surface area contributed by atoms with Crippen molar-refractivity contribution in [1.29, 1.82) is 0 Å². The van der Waals surface area contributed by atoms with Crippen LogP contribution in [0.3, 0.4) is 0 Å². The van der Waals surface area contributed by atoms with Gasteiger partial charge in [-0.2, -0.15) is 0 Å². The highest BCUT2D eigenvalue weighted by Crippen LogP contribution is 2.54. The summed E-state index contributed by atoms with van der Waals surface area (Å²) in [6, 6.07) is 13.7. The van der Waals surface area contributed by atoms with E-state index in [4.69, 9.17) is 16.3 Å². The molecule has 0 N–H and O–H groups in total. The van der Waals surface area contributed by atoms with Crippen LogP contribution < -0.4 is 9.64 Å². The molecule has 6 heteroatoms. The zero-order valence-electron chi connectivity index (χ0n) is 15.5. The first kappa shape index (κ1) is 18.2. The Morgan fingerprint density at radius 3 is 2.86 bits per heavy atom. The van der Waals surface area contributed by atoms with Gasteiger partial charge in [-0.3, -0.25) is 0 Å². The van der Waals surface area contributed by atoms with Gasteiger partial charge in [-0.05, 0) is 79.6 Å². The van der Waals surface area contributed by atoms with Gasteiger partial charge in [0.25, 0.3) is 0 Å². The molecule has 1 aromatic heterocycles. The Morgan fingerprint density at radius 1 is 1.17 bits per heavy atom. The van der Waals surface area contributed by atoms with Gasteiger partial charge in [-0.25, -0.2) is 4.39 Å². The lowest BCUT2D eigenvalue weighted by Crippen LogP contribution is -2.37. The molecule has 3 aromatic rings. The van der Waals surface area contributed by atoms with Crippen molar-refractivity contribution in [2.24, 2.45) is 5.92 Å². The number of ether oxygens (including phenoxy) is 1. The quantitative estimate of drug-likeness (QED) is 0.378. The standard InChI is InChI=1S/C23H18BrClFNOS/c24-14-10-17(26)22-19-9-13-8-15(25)3-5-18(13)27(19)23(28-20(22)11-14)21-6-4-16(29-21)7-12-1-2-12/h3-6,8,10-12,19,23H,1-2,7,9H2. The van der Waals surface area contributed by atoms with E-state index in [2.05, 4.69) is 33.0 Å². The topological polar surface area (TPSA) is 12.5 Å². The molecule has 1 fully saturated rings. The highest BCUT2D eigenvalue weighted by atomic mass is 79.9. The minimum Gasteiger partial charge on any atom is -0.465 e. The van der Waals surface area contributed by atoms with Crippen molar-refractivity contribution in [2.75, 3.05) is 4.90 Å². The van der Waals surface area contributed by atoms with Crippen molar-refractivity contribution in [3.8, 4) is 5.75 Å². The normalized spacial score (nSPS) is 22.1. The van der Waals surface area contributed by atoms with Gasteiger partial charge in [0, 0.05) is 20.1 Å². The van der Waals surface area contributed by atoms with Gasteiger partial charge < -0.3 is 9.64 Å². The molecule has 2 unspecified atom stereocenters. The number of nitrogens with zero attached hydrogens (tertiary/aromatic N) is 1. The number of hydrogen-bond acceptors (Lipinski definition) is 3. The van der Waals surface area contributed by atoms with Crippen molar-refractivity contribution in [3.63, 3.8) is 0 Å². The maximum absolute atomic E-state index is 15.0. The minimum absolute atomic E-state index is 0.0979. The molecule has 3 aliphatic rings. The fourth-order valence-corrected chi connectivity index (χ4v) is 6.33. The Labute approximate surface area is 186 Å². The summed E-state index contributed by atoms with van der Waals surface area (Å²) in [4.78, 5) is 4.81. The summed E-state index contributed by atoms with van der Waals surface area (Å²) in [6.45, 7) is 0. The average Bonchev–Trinajstić information content (AvgIpc) is 3.22. The molecule has 3 heterocycles. The lowest BCUT2D eigenvalue weighted by molar-refractivity contribution is 0.168. The molecule has 148 valence electrons. The number of fused-ring (bicyclic) bond motifs is 5. The number of halogens is 3. The van der Waals surface area contributed by atoms with Crippen LogP contribution in [0.15, 0.2) is 46.9 Å². The number of anilines is 1. The summed E-state index contributed by atoms with van der Waals surface area (Å²) >= 11 is 11.5. The summed E-state index contributed by atoms with van der Waals surface area (Å²) in [5.74, 6) is 1.24. The molecule has 2 nitrogen and oxygen atoms in total. The maximum atomic E-state index is 15.0. The Morgan fingerprint density at radius 2 is 2.03 bits per heavy atom. The van der Waals surface area contributed by atoms with E-state index in [-0.39, 0.29) is 18.1 Å². The molecule has 6 rings (SSSR count). The van der Waals surface area contributed by atoms with Gasteiger partial charge in [0.15, 0.2) is 0 Å². The van der Waals surface area contributed by atoms with Gasteiger partial charge in [0.05, 0.1) is 16.5 Å². The molecular weight excluding hydrogens is 473 g/mol. The smallest absolute Gasteiger partial charge is 0.208 e. The van der Waals surface area contributed by atoms with Crippen molar-refractivity contribution in [1.82, 2.24) is 0 Å². The van der Waals surface area contributed by atoms with E-state index in [1.54, 1.807) is 0 Å². The highest BCUT2D eigenvalue weighted by Gasteiger charge is 2.44. The van der Waals surface area contributed by atoms with Crippen molar-refractivity contribution < 1.29 is 9.13 Å². The van der Waals surface area contributed by atoms with Crippen molar-refractivity contribution >= 4 is 44.6 Å². The Kier molecular flexibility index (Phi) is 4.23. The molecule has 29 heavy (non-hydrogen) atoms. The number of hydrogen-bond donors (Lipinski definition) is 0. The van der Waals surface area contributed by atoms with Gasteiger partial charge in [-0.1, -0.05) is 27.5 Å². The molecule has 0 radical (unpaired) electrons. The first-order chi connectivity index (χ1) is 14.1. The number of benzene rings is 2. The number of thiophene rings is 1. The fraction of sp³-hybridized carbons (Fsp3) is 0.304. The van der Waals surface area contributed by atoms with Gasteiger partial charge >= 0.3 is 0 Å². The van der Waals surface area contributed by atoms with Crippen LogP contribution in [-0.4, -0.2) is 0 Å².